The topological polar surface area (TPSA) is 65.6 Å². The van der Waals surface area contributed by atoms with Crippen LogP contribution in [0.1, 0.15) is 30.9 Å². The first-order valence-electron chi connectivity index (χ1n) is 9.59. The fourth-order valence-electron chi connectivity index (χ4n) is 4.59. The van der Waals surface area contributed by atoms with Gasteiger partial charge in [0.1, 0.15) is 5.75 Å². The van der Waals surface area contributed by atoms with Gasteiger partial charge in [-0.1, -0.05) is 12.1 Å². The number of rotatable bonds is 4. The largest absolute Gasteiger partial charge is 0.435 e. The number of piperidine rings is 1. The molecule has 0 radical (unpaired) electrons. The van der Waals surface area contributed by atoms with E-state index < -0.39 is 6.61 Å². The minimum atomic E-state index is -2.86. The van der Waals surface area contributed by atoms with Gasteiger partial charge in [0, 0.05) is 26.2 Å². The van der Waals surface area contributed by atoms with Crippen molar-refractivity contribution in [2.45, 2.75) is 31.9 Å². The van der Waals surface area contributed by atoms with Crippen LogP contribution in [-0.4, -0.2) is 50.1 Å². The molecule has 0 bridgehead atoms. The predicted octanol–water partition coefficient (Wildman–Crippen LogP) is 1.66. The number of nitrogens with one attached hydrogen (secondary N) is 3. The van der Waals surface area contributed by atoms with Crippen molar-refractivity contribution in [1.29, 1.82) is 0 Å². The minimum absolute atomic E-state index is 0.107. The number of alkyl halides is 2. The normalized spacial score (nSPS) is 27.4. The van der Waals surface area contributed by atoms with E-state index in [2.05, 4.69) is 20.9 Å². The molecule has 2 atom stereocenters. The first-order chi connectivity index (χ1) is 13.1. The predicted molar refractivity (Wildman–Crippen MR) is 96.2 cm³/mol. The van der Waals surface area contributed by atoms with Crippen LogP contribution in [0.3, 0.4) is 0 Å². The van der Waals surface area contributed by atoms with E-state index in [9.17, 15) is 13.6 Å². The molecule has 0 saturated carbocycles. The third-order valence-corrected chi connectivity index (χ3v) is 6.21. The standard InChI is InChI=1S/C19H26F2N4O2/c20-18(21)27-14-3-1-2-13(10-14)16-15(11-23-24-16)17(26)25-8-5-19(6-9-25)4-7-22-12-19/h1-3,10,15-16,18,22-24H,4-9,11-12H2. The summed E-state index contributed by atoms with van der Waals surface area (Å²) < 4.78 is 29.5. The van der Waals surface area contributed by atoms with Gasteiger partial charge in [0.25, 0.3) is 0 Å². The van der Waals surface area contributed by atoms with E-state index in [1.54, 1.807) is 12.1 Å². The second-order valence-corrected chi connectivity index (χ2v) is 7.81. The van der Waals surface area contributed by atoms with Crippen LogP contribution in [0, 0.1) is 11.3 Å². The van der Waals surface area contributed by atoms with Crippen molar-refractivity contribution in [3.05, 3.63) is 29.8 Å². The summed E-state index contributed by atoms with van der Waals surface area (Å²) in [5.74, 6) is -0.0305. The van der Waals surface area contributed by atoms with Gasteiger partial charge >= 0.3 is 6.61 Å². The van der Waals surface area contributed by atoms with Crippen LogP contribution in [-0.2, 0) is 4.79 Å². The molecule has 3 saturated heterocycles. The number of hydrogen-bond donors (Lipinski definition) is 3. The van der Waals surface area contributed by atoms with Crippen molar-refractivity contribution in [3.63, 3.8) is 0 Å². The lowest BCUT2D eigenvalue weighted by molar-refractivity contribution is -0.137. The maximum Gasteiger partial charge on any atom is 0.387 e. The number of amides is 1. The van der Waals surface area contributed by atoms with E-state index in [4.69, 9.17) is 0 Å². The maximum absolute atomic E-state index is 13.1. The van der Waals surface area contributed by atoms with Crippen molar-refractivity contribution < 1.29 is 18.3 Å². The van der Waals surface area contributed by atoms with Gasteiger partial charge in [-0.15, -0.1) is 0 Å². The molecule has 4 rings (SSSR count). The summed E-state index contributed by atoms with van der Waals surface area (Å²) in [4.78, 5) is 15.1. The van der Waals surface area contributed by atoms with Gasteiger partial charge < -0.3 is 15.0 Å². The van der Waals surface area contributed by atoms with E-state index in [0.29, 0.717) is 12.0 Å². The van der Waals surface area contributed by atoms with Crippen LogP contribution in [0.15, 0.2) is 24.3 Å². The molecule has 1 aromatic rings. The van der Waals surface area contributed by atoms with Crippen molar-refractivity contribution in [2.24, 2.45) is 11.3 Å². The van der Waals surface area contributed by atoms with E-state index >= 15 is 0 Å². The Morgan fingerprint density at radius 1 is 1.26 bits per heavy atom. The molecule has 148 valence electrons. The molecule has 3 aliphatic rings. The zero-order chi connectivity index (χ0) is 18.9. The number of likely N-dealkylation sites (tertiary alicyclic amines) is 1. The molecule has 2 unspecified atom stereocenters. The van der Waals surface area contributed by atoms with Crippen LogP contribution in [0.25, 0.3) is 0 Å². The third kappa shape index (κ3) is 3.93. The Morgan fingerprint density at radius 2 is 2.07 bits per heavy atom. The molecule has 27 heavy (non-hydrogen) atoms. The van der Waals surface area contributed by atoms with E-state index in [1.807, 2.05) is 11.0 Å². The highest BCUT2D eigenvalue weighted by molar-refractivity contribution is 5.80. The average Bonchev–Trinajstić information content (AvgIpc) is 3.31. The van der Waals surface area contributed by atoms with Gasteiger partial charge in [0.15, 0.2) is 0 Å². The van der Waals surface area contributed by atoms with Gasteiger partial charge in [-0.3, -0.25) is 10.2 Å². The number of nitrogens with zero attached hydrogens (tertiary/aromatic N) is 1. The van der Waals surface area contributed by atoms with Gasteiger partial charge in [-0.05, 0) is 48.9 Å². The second-order valence-electron chi connectivity index (χ2n) is 7.81. The van der Waals surface area contributed by atoms with E-state index in [-0.39, 0.29) is 23.6 Å². The fourth-order valence-corrected chi connectivity index (χ4v) is 4.59. The van der Waals surface area contributed by atoms with E-state index in [0.717, 1.165) is 44.6 Å². The lowest BCUT2D eigenvalue weighted by Gasteiger charge is -2.40. The first-order valence-corrected chi connectivity index (χ1v) is 9.59. The minimum Gasteiger partial charge on any atom is -0.435 e. The smallest absolute Gasteiger partial charge is 0.387 e. The Kier molecular flexibility index (Phi) is 5.29. The highest BCUT2D eigenvalue weighted by atomic mass is 19.3. The van der Waals surface area contributed by atoms with Gasteiger partial charge in [0.2, 0.25) is 5.91 Å². The fraction of sp³-hybridized carbons (Fsp3) is 0.632. The van der Waals surface area contributed by atoms with Gasteiger partial charge in [-0.2, -0.15) is 8.78 Å². The number of benzene rings is 1. The molecule has 3 N–H and O–H groups in total. The van der Waals surface area contributed by atoms with Crippen LogP contribution < -0.4 is 20.9 Å². The number of carbonyl (C=O) groups excluding carboxylic acids is 1. The number of halogens is 2. The Labute approximate surface area is 157 Å². The zero-order valence-electron chi connectivity index (χ0n) is 15.2. The van der Waals surface area contributed by atoms with Crippen molar-refractivity contribution in [3.8, 4) is 5.75 Å². The summed E-state index contributed by atoms with van der Waals surface area (Å²) in [5.41, 5.74) is 7.31. The lowest BCUT2D eigenvalue weighted by Crippen LogP contribution is -2.47. The highest BCUT2D eigenvalue weighted by Gasteiger charge is 2.42. The summed E-state index contributed by atoms with van der Waals surface area (Å²) in [7, 11) is 0. The molecular formula is C19H26F2N4O2. The zero-order valence-corrected chi connectivity index (χ0v) is 15.2. The lowest BCUT2D eigenvalue weighted by atomic mass is 9.77. The van der Waals surface area contributed by atoms with Gasteiger partial charge in [-0.25, -0.2) is 5.43 Å². The third-order valence-electron chi connectivity index (χ3n) is 6.21. The second kappa shape index (κ2) is 7.69. The molecule has 8 heteroatoms. The molecule has 1 amide bonds. The van der Waals surface area contributed by atoms with Crippen molar-refractivity contribution in [1.82, 2.24) is 21.1 Å². The van der Waals surface area contributed by atoms with Crippen molar-refractivity contribution >= 4 is 5.91 Å². The van der Waals surface area contributed by atoms with Crippen LogP contribution in [0.4, 0.5) is 8.78 Å². The van der Waals surface area contributed by atoms with Crippen LogP contribution >= 0.6 is 0 Å². The Balaban J connectivity index is 1.43. The molecule has 3 heterocycles. The highest BCUT2D eigenvalue weighted by Crippen LogP contribution is 2.38. The summed E-state index contributed by atoms with van der Waals surface area (Å²) in [6.45, 7) is 1.37. The first kappa shape index (κ1) is 18.6. The average molecular weight is 380 g/mol. The summed E-state index contributed by atoms with van der Waals surface area (Å²) >= 11 is 0. The quantitative estimate of drug-likeness (QED) is 0.741. The van der Waals surface area contributed by atoms with Crippen LogP contribution in [0.2, 0.25) is 0 Å². The maximum atomic E-state index is 13.1. The molecule has 1 spiro atoms. The molecule has 1 aromatic carbocycles. The molecule has 0 aromatic heterocycles. The summed E-state index contributed by atoms with van der Waals surface area (Å²) in [6, 6.07) is 6.31. The number of ether oxygens (including phenoxy) is 1. The molecule has 0 aliphatic carbocycles. The molecule has 3 fully saturated rings. The molecular weight excluding hydrogens is 354 g/mol. The molecule has 6 nitrogen and oxygen atoms in total. The Bertz CT molecular complexity index is 671. The van der Waals surface area contributed by atoms with Gasteiger partial charge in [0.05, 0.1) is 12.0 Å². The van der Waals surface area contributed by atoms with E-state index in [1.165, 1.54) is 12.5 Å². The number of carbonyl (C=O) groups is 1. The Hall–Kier alpha value is -1.77. The molecule has 3 aliphatic heterocycles. The van der Waals surface area contributed by atoms with Crippen molar-refractivity contribution in [2.75, 3.05) is 32.7 Å². The summed E-state index contributed by atoms with van der Waals surface area (Å²) in [6.07, 6.45) is 3.28. The van der Waals surface area contributed by atoms with Crippen LogP contribution in [0.5, 0.6) is 5.75 Å². The SMILES string of the molecule is O=C(C1CNNC1c1cccc(OC(F)F)c1)N1CCC2(CCNC2)CC1. The number of hydrazine groups is 1. The Morgan fingerprint density at radius 3 is 2.78 bits per heavy atom. The monoisotopic (exact) mass is 380 g/mol. The summed E-state index contributed by atoms with van der Waals surface area (Å²) in [5, 5.41) is 3.44. The number of hydrogen-bond acceptors (Lipinski definition) is 5.